The molecule has 172 valence electrons. The van der Waals surface area contributed by atoms with Crippen molar-refractivity contribution in [1.29, 1.82) is 0 Å². The molecule has 3 heterocycles. The van der Waals surface area contributed by atoms with Crippen LogP contribution < -0.4 is 5.32 Å². The maximum absolute atomic E-state index is 13.2. The van der Waals surface area contributed by atoms with Crippen molar-refractivity contribution in [3.8, 4) is 0 Å². The third-order valence-electron chi connectivity index (χ3n) is 6.28. The Morgan fingerprint density at radius 1 is 1.12 bits per heavy atom. The van der Waals surface area contributed by atoms with E-state index in [0.717, 1.165) is 30.5 Å². The predicted molar refractivity (Wildman–Crippen MR) is 122 cm³/mol. The Labute approximate surface area is 189 Å². The average Bonchev–Trinajstić information content (AvgIpc) is 3.52. The summed E-state index contributed by atoms with van der Waals surface area (Å²) in [6.45, 7) is 3.93. The van der Waals surface area contributed by atoms with Crippen molar-refractivity contribution in [2.75, 3.05) is 31.5 Å². The second-order valence-electron chi connectivity index (χ2n) is 8.49. The molecule has 0 unspecified atom stereocenters. The Balaban J connectivity index is 1.44. The molecule has 8 nitrogen and oxygen atoms in total. The van der Waals surface area contributed by atoms with Crippen molar-refractivity contribution in [3.63, 3.8) is 0 Å². The molecule has 0 bridgehead atoms. The molecule has 2 aliphatic heterocycles. The fourth-order valence-electron chi connectivity index (χ4n) is 4.37. The van der Waals surface area contributed by atoms with E-state index in [2.05, 4.69) is 17.2 Å². The highest BCUT2D eigenvalue weighted by Crippen LogP contribution is 2.26. The van der Waals surface area contributed by atoms with E-state index in [0.29, 0.717) is 32.5 Å². The number of benzene rings is 1. The van der Waals surface area contributed by atoms with Crippen molar-refractivity contribution in [2.45, 2.75) is 43.9 Å². The summed E-state index contributed by atoms with van der Waals surface area (Å²) in [7, 11) is -3.80. The fourth-order valence-corrected chi connectivity index (χ4v) is 5.89. The van der Waals surface area contributed by atoms with Gasteiger partial charge in [-0.15, -0.1) is 0 Å². The molecule has 2 amide bonds. The number of sulfonamides is 1. The summed E-state index contributed by atoms with van der Waals surface area (Å²) in [4.78, 5) is 30.0. The van der Waals surface area contributed by atoms with Crippen molar-refractivity contribution >= 4 is 27.5 Å². The molecule has 32 heavy (non-hydrogen) atoms. The summed E-state index contributed by atoms with van der Waals surface area (Å²) in [5, 5.41) is 2.93. The van der Waals surface area contributed by atoms with Crippen LogP contribution >= 0.6 is 0 Å². The number of rotatable bonds is 6. The van der Waals surface area contributed by atoms with Crippen LogP contribution in [0.5, 0.6) is 0 Å². The van der Waals surface area contributed by atoms with Crippen LogP contribution in [0.25, 0.3) is 0 Å². The summed E-state index contributed by atoms with van der Waals surface area (Å²) in [5.41, 5.74) is 2.14. The minimum absolute atomic E-state index is 0.0664. The SMILES string of the molecule is CCc1cccc(NC(=O)[C@H]2CCCN(S(=O)(=O)c3c[nH]c(C(=O)N4CCCC4)c3)C2)c1. The lowest BCUT2D eigenvalue weighted by Gasteiger charge is -2.31. The van der Waals surface area contributed by atoms with Gasteiger partial charge in [-0.2, -0.15) is 4.31 Å². The zero-order valence-electron chi connectivity index (χ0n) is 18.3. The minimum Gasteiger partial charge on any atom is -0.356 e. The number of carbonyl (C=O) groups excluding carboxylic acids is 2. The van der Waals surface area contributed by atoms with Gasteiger partial charge in [0.1, 0.15) is 10.6 Å². The van der Waals surface area contributed by atoms with Gasteiger partial charge in [0.15, 0.2) is 0 Å². The first-order valence-corrected chi connectivity index (χ1v) is 12.7. The van der Waals surface area contributed by atoms with Gasteiger partial charge in [0.2, 0.25) is 15.9 Å². The Hall–Kier alpha value is -2.65. The molecule has 0 aliphatic carbocycles. The van der Waals surface area contributed by atoms with Crippen LogP contribution in [-0.4, -0.2) is 60.6 Å². The highest BCUT2D eigenvalue weighted by molar-refractivity contribution is 7.89. The first kappa shape index (κ1) is 22.5. The molecule has 2 aromatic rings. The highest BCUT2D eigenvalue weighted by Gasteiger charge is 2.34. The zero-order chi connectivity index (χ0) is 22.7. The minimum atomic E-state index is -3.80. The molecule has 2 saturated heterocycles. The number of anilines is 1. The lowest BCUT2D eigenvalue weighted by Crippen LogP contribution is -2.43. The van der Waals surface area contributed by atoms with E-state index in [-0.39, 0.29) is 28.9 Å². The molecule has 1 atom stereocenters. The molecule has 1 aromatic heterocycles. The smallest absolute Gasteiger partial charge is 0.270 e. The average molecular weight is 459 g/mol. The summed E-state index contributed by atoms with van der Waals surface area (Å²) in [5.74, 6) is -0.764. The quantitative estimate of drug-likeness (QED) is 0.695. The van der Waals surface area contributed by atoms with Gasteiger partial charge in [-0.25, -0.2) is 8.42 Å². The van der Waals surface area contributed by atoms with Crippen molar-refractivity contribution in [2.24, 2.45) is 5.92 Å². The number of nitrogens with zero attached hydrogens (tertiary/aromatic N) is 2. The molecule has 0 spiro atoms. The van der Waals surface area contributed by atoms with E-state index in [1.54, 1.807) is 4.90 Å². The van der Waals surface area contributed by atoms with Gasteiger partial charge in [0.25, 0.3) is 5.91 Å². The van der Waals surface area contributed by atoms with Crippen LogP contribution in [0.4, 0.5) is 5.69 Å². The zero-order valence-corrected chi connectivity index (χ0v) is 19.2. The van der Waals surface area contributed by atoms with Crippen molar-refractivity contribution < 1.29 is 18.0 Å². The molecule has 2 fully saturated rings. The second-order valence-corrected chi connectivity index (χ2v) is 10.4. The number of likely N-dealkylation sites (tertiary alicyclic amines) is 1. The maximum Gasteiger partial charge on any atom is 0.270 e. The number of H-pyrrole nitrogens is 1. The van der Waals surface area contributed by atoms with Gasteiger partial charge in [-0.3, -0.25) is 9.59 Å². The molecule has 2 N–H and O–H groups in total. The molecular formula is C23H30N4O4S. The Morgan fingerprint density at radius 3 is 2.66 bits per heavy atom. The van der Waals surface area contributed by atoms with E-state index in [1.165, 1.54) is 16.6 Å². The lowest BCUT2D eigenvalue weighted by molar-refractivity contribution is -0.120. The largest absolute Gasteiger partial charge is 0.356 e. The van der Waals surface area contributed by atoms with E-state index in [1.807, 2.05) is 24.3 Å². The van der Waals surface area contributed by atoms with E-state index < -0.39 is 15.9 Å². The van der Waals surface area contributed by atoms with Crippen LogP contribution in [0.2, 0.25) is 0 Å². The molecule has 4 rings (SSSR count). The van der Waals surface area contributed by atoms with Gasteiger partial charge < -0.3 is 15.2 Å². The predicted octanol–water partition coefficient (Wildman–Crippen LogP) is 2.85. The number of aryl methyl sites for hydroxylation is 1. The van der Waals surface area contributed by atoms with Crippen molar-refractivity contribution in [3.05, 3.63) is 47.8 Å². The van der Waals surface area contributed by atoms with E-state index in [4.69, 9.17) is 0 Å². The van der Waals surface area contributed by atoms with Crippen LogP contribution in [0.3, 0.4) is 0 Å². The van der Waals surface area contributed by atoms with E-state index in [9.17, 15) is 18.0 Å². The first-order chi connectivity index (χ1) is 15.4. The second kappa shape index (κ2) is 9.46. The Kier molecular flexibility index (Phi) is 6.66. The Bertz CT molecular complexity index is 1090. The van der Waals surface area contributed by atoms with Crippen LogP contribution in [0.15, 0.2) is 41.4 Å². The molecule has 9 heteroatoms. The van der Waals surface area contributed by atoms with E-state index >= 15 is 0 Å². The highest BCUT2D eigenvalue weighted by atomic mass is 32.2. The van der Waals surface area contributed by atoms with Crippen LogP contribution in [0.1, 0.15) is 48.7 Å². The summed E-state index contributed by atoms with van der Waals surface area (Å²) in [6, 6.07) is 9.10. The molecule has 1 aromatic carbocycles. The normalized spacial score (nSPS) is 19.8. The van der Waals surface area contributed by atoms with Crippen LogP contribution in [-0.2, 0) is 21.2 Å². The molecule has 2 aliphatic rings. The summed E-state index contributed by atoms with van der Waals surface area (Å²) in [6.07, 6.45) is 5.43. The summed E-state index contributed by atoms with van der Waals surface area (Å²) < 4.78 is 27.8. The fraction of sp³-hybridized carbons (Fsp3) is 0.478. The number of nitrogens with one attached hydrogen (secondary N) is 2. The monoisotopic (exact) mass is 458 g/mol. The number of aromatic amines is 1. The third kappa shape index (κ3) is 4.73. The van der Waals surface area contributed by atoms with Gasteiger partial charge in [-0.05, 0) is 55.9 Å². The first-order valence-electron chi connectivity index (χ1n) is 11.3. The topological polar surface area (TPSA) is 103 Å². The lowest BCUT2D eigenvalue weighted by atomic mass is 9.98. The van der Waals surface area contributed by atoms with Gasteiger partial charge in [0.05, 0.1) is 5.92 Å². The number of carbonyl (C=O) groups is 2. The maximum atomic E-state index is 13.2. The number of hydrogen-bond acceptors (Lipinski definition) is 4. The number of aromatic nitrogens is 1. The third-order valence-corrected chi connectivity index (χ3v) is 8.12. The van der Waals surface area contributed by atoms with Gasteiger partial charge in [-0.1, -0.05) is 19.1 Å². The Morgan fingerprint density at radius 2 is 1.91 bits per heavy atom. The molecule has 0 saturated carbocycles. The number of piperidine rings is 1. The van der Waals surface area contributed by atoms with Gasteiger partial charge in [0, 0.05) is 38.1 Å². The summed E-state index contributed by atoms with van der Waals surface area (Å²) >= 11 is 0. The van der Waals surface area contributed by atoms with Crippen molar-refractivity contribution in [1.82, 2.24) is 14.2 Å². The number of hydrogen-bond donors (Lipinski definition) is 2. The number of amides is 2. The van der Waals surface area contributed by atoms with Gasteiger partial charge >= 0.3 is 0 Å². The van der Waals surface area contributed by atoms with Crippen LogP contribution in [0, 0.1) is 5.92 Å². The molecular weight excluding hydrogens is 428 g/mol. The standard InChI is InChI=1S/C23H30N4O4S/c1-2-17-7-5-9-19(13-17)25-22(28)18-8-6-12-27(16-18)32(30,31)20-14-21(24-15-20)23(29)26-10-3-4-11-26/h5,7,9,13-15,18,24H,2-4,6,8,10-12,16H2,1H3,(H,25,28)/t18-/m0/s1. The molecule has 0 radical (unpaired) electrons.